The predicted octanol–water partition coefficient (Wildman–Crippen LogP) is 3.70. The summed E-state index contributed by atoms with van der Waals surface area (Å²) in [4.78, 5) is 28.1. The van der Waals surface area contributed by atoms with Gasteiger partial charge in [0.2, 0.25) is 5.91 Å². The quantitative estimate of drug-likeness (QED) is 0.513. The summed E-state index contributed by atoms with van der Waals surface area (Å²) in [6.07, 6.45) is 2.42. The smallest absolute Gasteiger partial charge is 0.220 e. The number of ether oxygens (including phenoxy) is 1. The molecule has 4 heterocycles. The highest BCUT2D eigenvalue weighted by molar-refractivity contribution is 7.19. The molecule has 1 aliphatic heterocycles. The van der Waals surface area contributed by atoms with Crippen LogP contribution >= 0.6 is 11.3 Å². The Labute approximate surface area is 178 Å². The number of amides is 1. The van der Waals surface area contributed by atoms with Crippen LogP contribution in [0, 0.1) is 0 Å². The molecule has 154 valence electrons. The SMILES string of the molecule is CCC(=O)NCc1cc2nc(-c3ccc4[nH]ccc4c3)nc(N3CCOCC3)c2s1. The van der Waals surface area contributed by atoms with Gasteiger partial charge in [0.15, 0.2) is 11.6 Å². The summed E-state index contributed by atoms with van der Waals surface area (Å²) >= 11 is 1.65. The zero-order valence-corrected chi connectivity index (χ0v) is 17.6. The number of aromatic amines is 1. The van der Waals surface area contributed by atoms with Crippen LogP contribution in [0.1, 0.15) is 18.2 Å². The summed E-state index contributed by atoms with van der Waals surface area (Å²) in [5.41, 5.74) is 3.00. The molecule has 2 N–H and O–H groups in total. The maximum absolute atomic E-state index is 11.7. The van der Waals surface area contributed by atoms with Crippen LogP contribution in [0.25, 0.3) is 32.5 Å². The highest BCUT2D eigenvalue weighted by atomic mass is 32.1. The number of hydrogen-bond donors (Lipinski definition) is 2. The van der Waals surface area contributed by atoms with Gasteiger partial charge in [-0.1, -0.05) is 6.92 Å². The van der Waals surface area contributed by atoms with Crippen LogP contribution in [-0.4, -0.2) is 47.2 Å². The number of morpholine rings is 1. The number of fused-ring (bicyclic) bond motifs is 2. The summed E-state index contributed by atoms with van der Waals surface area (Å²) in [7, 11) is 0. The van der Waals surface area contributed by atoms with Gasteiger partial charge in [0.05, 0.1) is 30.0 Å². The Morgan fingerprint density at radius 1 is 1.23 bits per heavy atom. The largest absolute Gasteiger partial charge is 0.378 e. The maximum atomic E-state index is 11.7. The van der Waals surface area contributed by atoms with E-state index in [0.717, 1.165) is 50.5 Å². The van der Waals surface area contributed by atoms with Crippen LogP contribution in [0.2, 0.25) is 0 Å². The molecule has 8 heteroatoms. The molecular weight excluding hydrogens is 398 g/mol. The lowest BCUT2D eigenvalue weighted by Crippen LogP contribution is -2.36. The minimum absolute atomic E-state index is 0.0486. The average Bonchev–Trinajstić information content (AvgIpc) is 3.43. The summed E-state index contributed by atoms with van der Waals surface area (Å²) in [6, 6.07) is 10.4. The first-order valence-electron chi connectivity index (χ1n) is 10.2. The molecule has 1 saturated heterocycles. The molecule has 0 atom stereocenters. The van der Waals surface area contributed by atoms with E-state index in [1.54, 1.807) is 11.3 Å². The number of H-pyrrole nitrogens is 1. The molecule has 0 saturated carbocycles. The van der Waals surface area contributed by atoms with Crippen molar-refractivity contribution in [2.75, 3.05) is 31.2 Å². The van der Waals surface area contributed by atoms with E-state index >= 15 is 0 Å². The first kappa shape index (κ1) is 19.0. The number of nitrogens with zero attached hydrogens (tertiary/aromatic N) is 3. The molecule has 1 amide bonds. The van der Waals surface area contributed by atoms with Crippen LogP contribution in [-0.2, 0) is 16.1 Å². The Morgan fingerprint density at radius 3 is 2.93 bits per heavy atom. The standard InChI is InChI=1S/C22H23N5O2S/c1-2-19(28)24-13-16-12-18-20(30-16)22(27-7-9-29-10-8-27)26-21(25-18)15-3-4-17-14(11-15)5-6-23-17/h3-6,11-12,23H,2,7-10,13H2,1H3,(H,24,28). The first-order valence-corrected chi connectivity index (χ1v) is 11.0. The van der Waals surface area contributed by atoms with Crippen molar-refractivity contribution >= 4 is 44.2 Å². The van der Waals surface area contributed by atoms with E-state index in [1.807, 2.05) is 13.1 Å². The predicted molar refractivity (Wildman–Crippen MR) is 120 cm³/mol. The summed E-state index contributed by atoms with van der Waals surface area (Å²) in [5.74, 6) is 1.71. The molecular formula is C22H23N5O2S. The van der Waals surface area contributed by atoms with Crippen molar-refractivity contribution in [1.29, 1.82) is 0 Å². The fourth-order valence-electron chi connectivity index (χ4n) is 3.67. The number of hydrogen-bond acceptors (Lipinski definition) is 6. The van der Waals surface area contributed by atoms with Gasteiger partial charge in [-0.2, -0.15) is 0 Å². The Morgan fingerprint density at radius 2 is 2.10 bits per heavy atom. The van der Waals surface area contributed by atoms with Crippen molar-refractivity contribution in [2.45, 2.75) is 19.9 Å². The third kappa shape index (κ3) is 3.64. The monoisotopic (exact) mass is 421 g/mol. The molecule has 0 spiro atoms. The number of anilines is 1. The third-order valence-electron chi connectivity index (χ3n) is 5.31. The number of nitrogens with one attached hydrogen (secondary N) is 2. The van der Waals surface area contributed by atoms with E-state index < -0.39 is 0 Å². The second kappa shape index (κ2) is 8.04. The second-order valence-corrected chi connectivity index (χ2v) is 8.44. The van der Waals surface area contributed by atoms with E-state index in [4.69, 9.17) is 14.7 Å². The Kier molecular flexibility index (Phi) is 5.10. The first-order chi connectivity index (χ1) is 14.7. The topological polar surface area (TPSA) is 83.1 Å². The Bertz CT molecular complexity index is 1210. The van der Waals surface area contributed by atoms with Crippen LogP contribution in [0.4, 0.5) is 5.82 Å². The molecule has 7 nitrogen and oxygen atoms in total. The average molecular weight is 422 g/mol. The molecule has 0 bridgehead atoms. The molecule has 1 fully saturated rings. The van der Waals surface area contributed by atoms with Gasteiger partial charge in [-0.15, -0.1) is 11.3 Å². The van der Waals surface area contributed by atoms with Crippen molar-refractivity contribution in [3.8, 4) is 11.4 Å². The lowest BCUT2D eigenvalue weighted by molar-refractivity contribution is -0.120. The van der Waals surface area contributed by atoms with E-state index in [2.05, 4.69) is 45.5 Å². The van der Waals surface area contributed by atoms with Crippen molar-refractivity contribution in [2.24, 2.45) is 0 Å². The Balaban J connectivity index is 1.59. The highest BCUT2D eigenvalue weighted by Crippen LogP contribution is 2.35. The van der Waals surface area contributed by atoms with Gasteiger partial charge in [-0.3, -0.25) is 4.79 Å². The lowest BCUT2D eigenvalue weighted by Gasteiger charge is -2.28. The van der Waals surface area contributed by atoms with Gasteiger partial charge < -0.3 is 19.9 Å². The van der Waals surface area contributed by atoms with E-state index in [1.165, 1.54) is 0 Å². The van der Waals surface area contributed by atoms with Crippen LogP contribution in [0.5, 0.6) is 0 Å². The Hall–Kier alpha value is -2.97. The zero-order valence-electron chi connectivity index (χ0n) is 16.8. The second-order valence-electron chi connectivity index (χ2n) is 7.31. The summed E-state index contributed by atoms with van der Waals surface area (Å²) in [6.45, 7) is 5.38. The van der Waals surface area contributed by atoms with Crippen LogP contribution in [0.3, 0.4) is 0 Å². The van der Waals surface area contributed by atoms with Gasteiger partial charge in [0.25, 0.3) is 0 Å². The highest BCUT2D eigenvalue weighted by Gasteiger charge is 2.20. The van der Waals surface area contributed by atoms with Crippen molar-refractivity contribution in [3.63, 3.8) is 0 Å². The van der Waals surface area contributed by atoms with Gasteiger partial charge in [0.1, 0.15) is 0 Å². The molecule has 1 aliphatic rings. The summed E-state index contributed by atoms with van der Waals surface area (Å²) < 4.78 is 6.60. The van der Waals surface area contributed by atoms with Crippen molar-refractivity contribution in [1.82, 2.24) is 20.3 Å². The summed E-state index contributed by atoms with van der Waals surface area (Å²) in [5, 5.41) is 4.09. The van der Waals surface area contributed by atoms with Gasteiger partial charge in [-0.05, 0) is 30.3 Å². The number of benzene rings is 1. The molecule has 5 rings (SSSR count). The van der Waals surface area contributed by atoms with Crippen LogP contribution < -0.4 is 10.2 Å². The maximum Gasteiger partial charge on any atom is 0.220 e. The number of carbonyl (C=O) groups excluding carboxylic acids is 1. The molecule has 1 aromatic carbocycles. The molecule has 0 radical (unpaired) electrons. The van der Waals surface area contributed by atoms with Gasteiger partial charge in [-0.25, -0.2) is 9.97 Å². The lowest BCUT2D eigenvalue weighted by atomic mass is 10.1. The normalized spacial score (nSPS) is 14.5. The molecule has 0 aliphatic carbocycles. The van der Waals surface area contributed by atoms with E-state index in [-0.39, 0.29) is 5.91 Å². The minimum atomic E-state index is 0.0486. The van der Waals surface area contributed by atoms with E-state index in [0.29, 0.717) is 32.0 Å². The van der Waals surface area contributed by atoms with Crippen molar-refractivity contribution < 1.29 is 9.53 Å². The molecule has 0 unspecified atom stereocenters. The third-order valence-corrected chi connectivity index (χ3v) is 6.43. The van der Waals surface area contributed by atoms with Gasteiger partial charge in [0, 0.05) is 47.1 Å². The number of aromatic nitrogens is 3. The van der Waals surface area contributed by atoms with E-state index in [9.17, 15) is 4.79 Å². The fraction of sp³-hybridized carbons (Fsp3) is 0.318. The van der Waals surface area contributed by atoms with Crippen molar-refractivity contribution in [3.05, 3.63) is 41.4 Å². The number of carbonyl (C=O) groups is 1. The number of thiophene rings is 1. The zero-order chi connectivity index (χ0) is 20.5. The molecule has 30 heavy (non-hydrogen) atoms. The van der Waals surface area contributed by atoms with Crippen LogP contribution in [0.15, 0.2) is 36.5 Å². The molecule has 3 aromatic heterocycles. The molecule has 4 aromatic rings. The number of rotatable bonds is 5. The fourth-order valence-corrected chi connectivity index (χ4v) is 4.73. The van der Waals surface area contributed by atoms with Gasteiger partial charge >= 0.3 is 0 Å². The minimum Gasteiger partial charge on any atom is -0.378 e.